The smallest absolute Gasteiger partial charge is 0.225 e. The fourth-order valence-electron chi connectivity index (χ4n) is 3.03. The van der Waals surface area contributed by atoms with Crippen molar-refractivity contribution in [3.63, 3.8) is 0 Å². The lowest BCUT2D eigenvalue weighted by Crippen LogP contribution is -2.17. The summed E-state index contributed by atoms with van der Waals surface area (Å²) in [7, 11) is 0. The second-order valence-corrected chi connectivity index (χ2v) is 8.66. The molecule has 2 amide bonds. The molecule has 2 N–H and O–H groups in total. The van der Waals surface area contributed by atoms with Crippen LogP contribution in [0, 0.1) is 36.5 Å². The number of aryl methyl sites for hydroxylation is 2. The van der Waals surface area contributed by atoms with E-state index in [4.69, 9.17) is 0 Å². The minimum absolute atomic E-state index is 0.00197. The highest BCUT2D eigenvalue weighted by atomic mass is 32.1. The van der Waals surface area contributed by atoms with E-state index in [9.17, 15) is 20.1 Å². The van der Waals surface area contributed by atoms with Gasteiger partial charge in [-0.05, 0) is 37.8 Å². The average molecular weight is 415 g/mol. The predicted molar refractivity (Wildman–Crippen MR) is 113 cm³/mol. The molecule has 0 aliphatic heterocycles. The van der Waals surface area contributed by atoms with Crippen molar-refractivity contribution < 1.29 is 9.59 Å². The monoisotopic (exact) mass is 414 g/mol. The molecule has 0 aliphatic rings. The average Bonchev–Trinajstić information content (AvgIpc) is 3.13. The SMILES string of the molecule is CCc1c(C)sc(NC(=O)CCC(=O)Nc2sc(C)c(CC)c2C#N)c1C#N. The number of rotatable bonds is 7. The largest absolute Gasteiger partial charge is 0.317 e. The Morgan fingerprint density at radius 1 is 0.821 bits per heavy atom. The molecule has 0 atom stereocenters. The zero-order valence-electron chi connectivity index (χ0n) is 16.4. The molecule has 2 heterocycles. The number of carbonyl (C=O) groups excluding carboxylic acids is 2. The third kappa shape index (κ3) is 4.59. The van der Waals surface area contributed by atoms with Gasteiger partial charge in [0.05, 0.1) is 11.1 Å². The van der Waals surface area contributed by atoms with Crippen LogP contribution in [0.25, 0.3) is 0 Å². The molecule has 8 heteroatoms. The van der Waals surface area contributed by atoms with Crippen molar-refractivity contribution in [3.05, 3.63) is 32.0 Å². The third-order valence-corrected chi connectivity index (χ3v) is 6.56. The topological polar surface area (TPSA) is 106 Å². The molecule has 2 aromatic heterocycles. The van der Waals surface area contributed by atoms with Crippen molar-refractivity contribution >= 4 is 44.5 Å². The summed E-state index contributed by atoms with van der Waals surface area (Å²) in [6.45, 7) is 7.79. The van der Waals surface area contributed by atoms with Gasteiger partial charge in [0.15, 0.2) is 0 Å². The number of hydrogen-bond donors (Lipinski definition) is 2. The Morgan fingerprint density at radius 3 is 1.46 bits per heavy atom. The molecule has 0 aromatic carbocycles. The fourth-order valence-corrected chi connectivity index (χ4v) is 5.25. The number of nitrogens with zero attached hydrogens (tertiary/aromatic N) is 2. The molecule has 0 saturated heterocycles. The first-order valence-corrected chi connectivity index (χ1v) is 10.6. The van der Waals surface area contributed by atoms with Gasteiger partial charge < -0.3 is 10.6 Å². The molecule has 0 bridgehead atoms. The summed E-state index contributed by atoms with van der Waals surface area (Å²) in [5, 5.41) is 25.3. The zero-order valence-corrected chi connectivity index (χ0v) is 18.0. The lowest BCUT2D eigenvalue weighted by atomic mass is 10.1. The maximum atomic E-state index is 12.2. The van der Waals surface area contributed by atoms with E-state index in [0.717, 1.165) is 33.7 Å². The summed E-state index contributed by atoms with van der Waals surface area (Å²) in [5.41, 5.74) is 2.90. The van der Waals surface area contributed by atoms with Crippen LogP contribution < -0.4 is 10.6 Å². The standard InChI is InChI=1S/C20H22N4O2S2/c1-5-13-11(3)27-19(15(13)9-21)23-17(25)7-8-18(26)24-20-16(10-22)14(6-2)12(4)28-20/h5-8H2,1-4H3,(H,23,25)(H,24,26). The van der Waals surface area contributed by atoms with Gasteiger partial charge in [0.1, 0.15) is 22.1 Å². The van der Waals surface area contributed by atoms with E-state index in [1.54, 1.807) is 0 Å². The summed E-state index contributed by atoms with van der Waals surface area (Å²) in [4.78, 5) is 26.5. The van der Waals surface area contributed by atoms with E-state index in [2.05, 4.69) is 22.8 Å². The van der Waals surface area contributed by atoms with E-state index in [0.29, 0.717) is 21.1 Å². The molecule has 28 heavy (non-hydrogen) atoms. The lowest BCUT2D eigenvalue weighted by molar-refractivity contribution is -0.121. The first kappa shape index (κ1) is 21.6. The van der Waals surface area contributed by atoms with Crippen molar-refractivity contribution in [2.75, 3.05) is 10.6 Å². The van der Waals surface area contributed by atoms with Gasteiger partial charge >= 0.3 is 0 Å². The Kier molecular flexibility index (Phi) is 7.33. The molecule has 0 radical (unpaired) electrons. The van der Waals surface area contributed by atoms with Crippen LogP contribution in [0.3, 0.4) is 0 Å². The predicted octanol–water partition coefficient (Wildman–Crippen LogP) is 4.65. The second kappa shape index (κ2) is 9.50. The first-order chi connectivity index (χ1) is 13.4. The minimum Gasteiger partial charge on any atom is -0.317 e. The normalized spacial score (nSPS) is 10.2. The molecule has 0 unspecified atom stereocenters. The molecule has 0 saturated carbocycles. The summed E-state index contributed by atoms with van der Waals surface area (Å²) in [6, 6.07) is 4.30. The number of nitriles is 2. The molecule has 0 fully saturated rings. The van der Waals surface area contributed by atoms with Crippen LogP contribution >= 0.6 is 22.7 Å². The minimum atomic E-state index is -0.312. The van der Waals surface area contributed by atoms with Crippen molar-refractivity contribution in [3.8, 4) is 12.1 Å². The van der Waals surface area contributed by atoms with Gasteiger partial charge in [0, 0.05) is 22.6 Å². The number of hydrogen-bond acceptors (Lipinski definition) is 6. The lowest BCUT2D eigenvalue weighted by Gasteiger charge is -2.05. The van der Waals surface area contributed by atoms with Crippen LogP contribution in [0.1, 0.15) is 58.7 Å². The Morgan fingerprint density at radius 2 is 1.18 bits per heavy atom. The number of anilines is 2. The van der Waals surface area contributed by atoms with Crippen molar-refractivity contribution in [2.45, 2.75) is 53.4 Å². The van der Waals surface area contributed by atoms with E-state index in [-0.39, 0.29) is 24.7 Å². The first-order valence-electron chi connectivity index (χ1n) is 9.00. The Hall–Kier alpha value is -2.68. The molecule has 2 aromatic rings. The molecule has 0 spiro atoms. The summed E-state index contributed by atoms with van der Waals surface area (Å²) < 4.78 is 0. The van der Waals surface area contributed by atoms with Gasteiger partial charge in [0.25, 0.3) is 0 Å². The maximum absolute atomic E-state index is 12.2. The Labute approximate surface area is 172 Å². The van der Waals surface area contributed by atoms with Gasteiger partial charge in [0.2, 0.25) is 11.8 Å². The molecule has 146 valence electrons. The van der Waals surface area contributed by atoms with Gasteiger partial charge in [-0.3, -0.25) is 9.59 Å². The van der Waals surface area contributed by atoms with Crippen LogP contribution in [0.4, 0.5) is 10.0 Å². The van der Waals surface area contributed by atoms with Crippen LogP contribution in [0.5, 0.6) is 0 Å². The number of amides is 2. The highest BCUT2D eigenvalue weighted by molar-refractivity contribution is 7.17. The maximum Gasteiger partial charge on any atom is 0.225 e. The van der Waals surface area contributed by atoms with E-state index < -0.39 is 0 Å². The van der Waals surface area contributed by atoms with Gasteiger partial charge in [-0.15, -0.1) is 22.7 Å². The highest BCUT2D eigenvalue weighted by Crippen LogP contribution is 2.34. The number of carbonyl (C=O) groups is 2. The van der Waals surface area contributed by atoms with Gasteiger partial charge in [-0.2, -0.15) is 10.5 Å². The Bertz CT molecular complexity index is 909. The van der Waals surface area contributed by atoms with Gasteiger partial charge in [-0.1, -0.05) is 13.8 Å². The molecular weight excluding hydrogens is 392 g/mol. The van der Waals surface area contributed by atoms with Crippen LogP contribution in [-0.2, 0) is 22.4 Å². The number of thiophene rings is 2. The quantitative estimate of drug-likeness (QED) is 0.687. The van der Waals surface area contributed by atoms with E-state index in [1.165, 1.54) is 22.7 Å². The highest BCUT2D eigenvalue weighted by Gasteiger charge is 2.19. The second-order valence-electron chi connectivity index (χ2n) is 6.21. The molecule has 6 nitrogen and oxygen atoms in total. The van der Waals surface area contributed by atoms with Crippen molar-refractivity contribution in [1.82, 2.24) is 0 Å². The molecule has 2 rings (SSSR count). The third-order valence-electron chi connectivity index (χ3n) is 4.43. The van der Waals surface area contributed by atoms with Crippen LogP contribution in [-0.4, -0.2) is 11.8 Å². The van der Waals surface area contributed by atoms with Crippen LogP contribution in [0.2, 0.25) is 0 Å². The van der Waals surface area contributed by atoms with E-state index in [1.807, 2.05) is 27.7 Å². The van der Waals surface area contributed by atoms with Crippen molar-refractivity contribution in [1.29, 1.82) is 10.5 Å². The van der Waals surface area contributed by atoms with Gasteiger partial charge in [-0.25, -0.2) is 0 Å². The molecule has 0 aliphatic carbocycles. The van der Waals surface area contributed by atoms with Crippen molar-refractivity contribution in [2.24, 2.45) is 0 Å². The Balaban J connectivity index is 1.98. The summed E-state index contributed by atoms with van der Waals surface area (Å²) in [6.07, 6.45) is 1.46. The molecular formula is C20H22N4O2S2. The zero-order chi connectivity index (χ0) is 20.8. The summed E-state index contributed by atoms with van der Waals surface area (Å²) in [5.74, 6) is -0.625. The summed E-state index contributed by atoms with van der Waals surface area (Å²) >= 11 is 2.76. The number of nitrogens with one attached hydrogen (secondary N) is 2. The van der Waals surface area contributed by atoms with Crippen LogP contribution in [0.15, 0.2) is 0 Å². The van der Waals surface area contributed by atoms with E-state index >= 15 is 0 Å². The fraction of sp³-hybridized carbons (Fsp3) is 0.400.